The van der Waals surface area contributed by atoms with Crippen molar-refractivity contribution in [3.05, 3.63) is 94.8 Å². The van der Waals surface area contributed by atoms with E-state index in [1.807, 2.05) is 37.3 Å². The van der Waals surface area contributed by atoms with Crippen LogP contribution in [0.2, 0.25) is 0 Å². The second-order valence-corrected chi connectivity index (χ2v) is 8.00. The Morgan fingerprint density at radius 1 is 0.943 bits per heavy atom. The first kappa shape index (κ1) is 22.3. The molecule has 7 heteroatoms. The van der Waals surface area contributed by atoms with Crippen molar-refractivity contribution in [1.82, 2.24) is 0 Å². The van der Waals surface area contributed by atoms with Crippen molar-refractivity contribution in [3.8, 4) is 28.7 Å². The van der Waals surface area contributed by atoms with Crippen LogP contribution < -0.4 is 23.7 Å². The zero-order chi connectivity index (χ0) is 24.5. The van der Waals surface area contributed by atoms with E-state index in [2.05, 4.69) is 0 Å². The van der Waals surface area contributed by atoms with Crippen LogP contribution >= 0.6 is 0 Å². The smallest absolute Gasteiger partial charge is 0.343 e. The topological polar surface area (TPSA) is 80.3 Å². The molecule has 0 bridgehead atoms. The fourth-order valence-corrected chi connectivity index (χ4v) is 3.93. The molecule has 2 aliphatic rings. The van der Waals surface area contributed by atoms with E-state index in [4.69, 9.17) is 23.7 Å². The Morgan fingerprint density at radius 2 is 1.74 bits per heavy atom. The van der Waals surface area contributed by atoms with Crippen LogP contribution in [0.25, 0.3) is 6.08 Å². The molecule has 0 radical (unpaired) electrons. The van der Waals surface area contributed by atoms with Gasteiger partial charge in [0.15, 0.2) is 17.3 Å². The molecule has 0 aromatic heterocycles. The number of methoxy groups -OCH3 is 2. The van der Waals surface area contributed by atoms with Gasteiger partial charge >= 0.3 is 5.97 Å². The van der Waals surface area contributed by atoms with Gasteiger partial charge in [-0.25, -0.2) is 4.79 Å². The Morgan fingerprint density at radius 3 is 2.54 bits per heavy atom. The molecule has 5 rings (SSSR count). The number of hydrogen-bond donors (Lipinski definition) is 0. The first-order valence-electron chi connectivity index (χ1n) is 11.0. The lowest BCUT2D eigenvalue weighted by molar-refractivity contribution is 0.0734. The van der Waals surface area contributed by atoms with Crippen LogP contribution in [0, 0.1) is 0 Å². The molecule has 0 aliphatic carbocycles. The van der Waals surface area contributed by atoms with E-state index < -0.39 is 5.97 Å². The quantitative estimate of drug-likeness (QED) is 0.286. The summed E-state index contributed by atoms with van der Waals surface area (Å²) in [7, 11) is 3.00. The zero-order valence-corrected chi connectivity index (χ0v) is 19.4. The molecule has 3 aromatic rings. The molecular weight excluding hydrogens is 448 g/mol. The van der Waals surface area contributed by atoms with E-state index in [9.17, 15) is 9.59 Å². The van der Waals surface area contributed by atoms with Gasteiger partial charge in [0.2, 0.25) is 5.78 Å². The Labute approximate surface area is 202 Å². The lowest BCUT2D eigenvalue weighted by Gasteiger charge is -2.22. The van der Waals surface area contributed by atoms with Gasteiger partial charge in [-0.2, -0.15) is 0 Å². The second-order valence-electron chi connectivity index (χ2n) is 8.00. The molecule has 0 unspecified atom stereocenters. The van der Waals surface area contributed by atoms with Crippen LogP contribution in [0.15, 0.2) is 78.1 Å². The van der Waals surface area contributed by atoms with E-state index >= 15 is 0 Å². The lowest BCUT2D eigenvalue weighted by Crippen LogP contribution is -2.18. The number of rotatable bonds is 5. The first-order chi connectivity index (χ1) is 17.0. The third kappa shape index (κ3) is 4.24. The van der Waals surface area contributed by atoms with E-state index in [0.29, 0.717) is 28.4 Å². The summed E-state index contributed by atoms with van der Waals surface area (Å²) in [6.07, 6.45) is 3.43. The molecule has 2 heterocycles. The number of ketones is 1. The third-order valence-corrected chi connectivity index (χ3v) is 5.78. The van der Waals surface area contributed by atoms with Gasteiger partial charge in [0.05, 0.1) is 25.3 Å². The molecule has 0 spiro atoms. The first-order valence-corrected chi connectivity index (χ1v) is 11.0. The van der Waals surface area contributed by atoms with Crippen LogP contribution in [0.1, 0.15) is 33.2 Å². The Balaban J connectivity index is 1.36. The monoisotopic (exact) mass is 470 g/mol. The summed E-state index contributed by atoms with van der Waals surface area (Å²) in [5.74, 6) is 1.65. The molecule has 0 saturated carbocycles. The van der Waals surface area contributed by atoms with Crippen molar-refractivity contribution in [1.29, 1.82) is 0 Å². The van der Waals surface area contributed by atoms with Crippen LogP contribution in [0.4, 0.5) is 0 Å². The van der Waals surface area contributed by atoms with Crippen molar-refractivity contribution in [2.45, 2.75) is 13.0 Å². The number of para-hydroxylation sites is 1. The predicted molar refractivity (Wildman–Crippen MR) is 128 cm³/mol. The Hall–Kier alpha value is -4.52. The van der Waals surface area contributed by atoms with E-state index in [1.165, 1.54) is 26.4 Å². The van der Waals surface area contributed by atoms with Gasteiger partial charge in [-0.05, 0) is 61.0 Å². The van der Waals surface area contributed by atoms with Crippen molar-refractivity contribution < 1.29 is 33.3 Å². The molecule has 0 saturated heterocycles. The molecule has 3 aromatic carbocycles. The van der Waals surface area contributed by atoms with Crippen molar-refractivity contribution in [2.75, 3.05) is 14.2 Å². The van der Waals surface area contributed by atoms with Crippen molar-refractivity contribution in [3.63, 3.8) is 0 Å². The number of benzene rings is 3. The summed E-state index contributed by atoms with van der Waals surface area (Å²) in [5, 5.41) is 0. The SMILES string of the molecule is COc1ccc(C(=O)Oc2ccc3c(c2)OC(=CC2=Cc4ccccc4O[C@@H]2C)C3=O)cc1OC. The average Bonchev–Trinajstić information content (AvgIpc) is 3.18. The molecule has 1 atom stereocenters. The fraction of sp³-hybridized carbons (Fsp3) is 0.143. The lowest BCUT2D eigenvalue weighted by atomic mass is 10.0. The molecule has 35 heavy (non-hydrogen) atoms. The van der Waals surface area contributed by atoms with Gasteiger partial charge in [0.1, 0.15) is 23.4 Å². The maximum absolute atomic E-state index is 12.9. The standard InChI is InChI=1S/C28H22O7/c1-16-19(12-17-6-4-5-7-22(17)33-16)14-26-27(29)21-10-9-20(15-24(21)35-26)34-28(30)18-8-11-23(31-2)25(13-18)32-3/h4-16H,1-3H3/t16-/m1/s1. The highest BCUT2D eigenvalue weighted by atomic mass is 16.5. The van der Waals surface area contributed by atoms with E-state index in [-0.39, 0.29) is 23.4 Å². The minimum Gasteiger partial charge on any atom is -0.493 e. The fourth-order valence-electron chi connectivity index (χ4n) is 3.93. The molecule has 0 fully saturated rings. The highest BCUT2D eigenvalue weighted by Gasteiger charge is 2.29. The van der Waals surface area contributed by atoms with Crippen LogP contribution in [-0.2, 0) is 0 Å². The minimum atomic E-state index is -0.581. The van der Waals surface area contributed by atoms with Crippen molar-refractivity contribution in [2.24, 2.45) is 0 Å². The summed E-state index contributed by atoms with van der Waals surface area (Å²) in [5.41, 5.74) is 2.44. The van der Waals surface area contributed by atoms with Crippen LogP contribution in [0.5, 0.6) is 28.7 Å². The average molecular weight is 470 g/mol. The molecule has 0 N–H and O–H groups in total. The predicted octanol–water partition coefficient (Wildman–Crippen LogP) is 5.25. The summed E-state index contributed by atoms with van der Waals surface area (Å²) in [6.45, 7) is 1.91. The molecule has 2 aliphatic heterocycles. The number of esters is 1. The number of fused-ring (bicyclic) bond motifs is 2. The van der Waals surface area contributed by atoms with Crippen molar-refractivity contribution >= 4 is 17.8 Å². The summed E-state index contributed by atoms with van der Waals surface area (Å²) >= 11 is 0. The third-order valence-electron chi connectivity index (χ3n) is 5.78. The molecular formula is C28H22O7. The molecule has 0 amide bonds. The van der Waals surface area contributed by atoms with E-state index in [1.54, 1.807) is 30.3 Å². The number of carbonyl (C=O) groups excluding carboxylic acids is 2. The van der Waals surface area contributed by atoms with Gasteiger partial charge in [-0.1, -0.05) is 18.2 Å². The Bertz CT molecular complexity index is 1400. The largest absolute Gasteiger partial charge is 0.493 e. The second kappa shape index (κ2) is 9.02. The van der Waals surface area contributed by atoms with Gasteiger partial charge in [-0.3, -0.25) is 4.79 Å². The number of carbonyl (C=O) groups is 2. The highest BCUT2D eigenvalue weighted by Crippen LogP contribution is 2.37. The normalized spacial score (nSPS) is 17.0. The minimum absolute atomic E-state index is 0.185. The summed E-state index contributed by atoms with van der Waals surface area (Å²) in [4.78, 5) is 25.6. The van der Waals surface area contributed by atoms with E-state index in [0.717, 1.165) is 16.9 Å². The van der Waals surface area contributed by atoms with Crippen LogP contribution in [0.3, 0.4) is 0 Å². The van der Waals surface area contributed by atoms with Crippen LogP contribution in [-0.4, -0.2) is 32.1 Å². The molecule has 7 nitrogen and oxygen atoms in total. The molecule has 176 valence electrons. The number of ether oxygens (including phenoxy) is 5. The van der Waals surface area contributed by atoms with Gasteiger partial charge in [0, 0.05) is 11.6 Å². The number of allylic oxidation sites excluding steroid dienone is 1. The zero-order valence-electron chi connectivity index (χ0n) is 19.4. The highest BCUT2D eigenvalue weighted by molar-refractivity contribution is 6.12. The number of hydrogen-bond acceptors (Lipinski definition) is 7. The van der Waals surface area contributed by atoms with Gasteiger partial charge in [0.25, 0.3) is 0 Å². The summed E-state index contributed by atoms with van der Waals surface area (Å²) in [6, 6.07) is 17.1. The maximum Gasteiger partial charge on any atom is 0.343 e. The maximum atomic E-state index is 12.9. The number of Topliss-reactive ketones (excluding diaryl/α,β-unsaturated/α-hetero) is 1. The summed E-state index contributed by atoms with van der Waals surface area (Å²) < 4.78 is 27.7. The van der Waals surface area contributed by atoms with Gasteiger partial charge in [-0.15, -0.1) is 0 Å². The van der Waals surface area contributed by atoms with Gasteiger partial charge < -0.3 is 23.7 Å². The Kier molecular flexibility index (Phi) is 5.74.